The quantitative estimate of drug-likeness (QED) is 0.0164. The van der Waals surface area contributed by atoms with Crippen molar-refractivity contribution in [1.29, 1.82) is 0 Å². The number of rotatable bonds is 31. The fourth-order valence-corrected chi connectivity index (χ4v) is 9.87. The predicted octanol–water partition coefficient (Wildman–Crippen LogP) is 10.2. The molecule has 0 unspecified atom stereocenters. The van der Waals surface area contributed by atoms with Crippen LogP contribution in [0.2, 0.25) is 0 Å². The van der Waals surface area contributed by atoms with Gasteiger partial charge in [-0.05, 0) is 118 Å². The Bertz CT molecular complexity index is 1250. The summed E-state index contributed by atoms with van der Waals surface area (Å²) < 4.78 is 10.4. The lowest BCUT2D eigenvalue weighted by molar-refractivity contribution is -0.156. The van der Waals surface area contributed by atoms with Gasteiger partial charge in [0.15, 0.2) is 0 Å². The smallest absolute Gasteiger partial charge is 0.306 e. The maximum Gasteiger partial charge on any atom is 0.306 e. The maximum atomic E-state index is 11.7. The van der Waals surface area contributed by atoms with Crippen LogP contribution < -0.4 is 22.1 Å². The summed E-state index contributed by atoms with van der Waals surface area (Å²) >= 11 is 24.6. The molecule has 0 aliphatic carbocycles. The van der Waals surface area contributed by atoms with E-state index < -0.39 is 17.5 Å². The van der Waals surface area contributed by atoms with Gasteiger partial charge in [-0.3, -0.25) is 33.6 Å². The van der Waals surface area contributed by atoms with Crippen LogP contribution in [0.25, 0.3) is 0 Å². The molecule has 0 heterocycles. The molecule has 0 aliphatic rings. The molecule has 392 valence electrons. The summed E-state index contributed by atoms with van der Waals surface area (Å²) in [7, 11) is 0. The number of hydrogen-bond donors (Lipinski definition) is 6. The summed E-state index contributed by atoms with van der Waals surface area (Å²) in [6.45, 7) is 13.9. The first-order valence-electron chi connectivity index (χ1n) is 22.2. The predicted molar refractivity (Wildman–Crippen MR) is 289 cm³/mol. The Kier molecular flexibility index (Phi) is 57.5. The molecule has 0 bridgehead atoms. The van der Waals surface area contributed by atoms with E-state index in [2.05, 4.69) is 106 Å². The van der Waals surface area contributed by atoms with Gasteiger partial charge in [0.1, 0.15) is 11.2 Å². The highest BCUT2D eigenvalue weighted by Gasteiger charge is 2.18. The molecule has 0 spiro atoms. The average molecular weight is 1360 g/mol. The molecule has 0 aromatic rings. The van der Waals surface area contributed by atoms with Crippen molar-refractivity contribution < 1.29 is 53.2 Å². The van der Waals surface area contributed by atoms with Gasteiger partial charge in [0.2, 0.25) is 17.1 Å². The van der Waals surface area contributed by atoms with Crippen LogP contribution in [-0.2, 0) is 43.0 Å². The van der Waals surface area contributed by atoms with Crippen molar-refractivity contribution in [3.63, 3.8) is 0 Å². The second-order valence-corrected chi connectivity index (χ2v) is 20.9. The number of amides is 2. The number of carbonyl (C=O) groups excluding carboxylic acids is 5. The van der Waals surface area contributed by atoms with Crippen LogP contribution in [0.5, 0.6) is 0 Å². The number of unbranched alkanes of at least 4 members (excludes halogenated alkanes) is 8. The Morgan fingerprint density at radius 3 is 0.955 bits per heavy atom. The summed E-state index contributed by atoms with van der Waals surface area (Å²) in [6.07, 6.45) is 11.9. The minimum absolute atomic E-state index is 0.0308. The van der Waals surface area contributed by atoms with E-state index in [-0.39, 0.29) is 65.2 Å². The van der Waals surface area contributed by atoms with Crippen LogP contribution in [0.15, 0.2) is 0 Å². The lowest BCUT2D eigenvalue weighted by Crippen LogP contribution is -2.33. The number of hydrogen-bond acceptors (Lipinski definition) is 11. The molecule has 15 nitrogen and oxygen atoms in total. The van der Waals surface area contributed by atoms with Gasteiger partial charge in [0.05, 0.1) is 17.8 Å². The Balaban J connectivity index is -0.000000244. The van der Waals surface area contributed by atoms with Gasteiger partial charge >= 0.3 is 23.9 Å². The minimum Gasteiger partial charge on any atom is -0.481 e. The molecule has 8 N–H and O–H groups in total. The van der Waals surface area contributed by atoms with Crippen molar-refractivity contribution in [2.24, 2.45) is 29.2 Å². The third-order valence-corrected chi connectivity index (χ3v) is 12.9. The van der Waals surface area contributed by atoms with Gasteiger partial charge in [0, 0.05) is 70.8 Å². The van der Waals surface area contributed by atoms with Gasteiger partial charge in [0.25, 0.3) is 0 Å². The number of halogens is 7. The van der Waals surface area contributed by atoms with Gasteiger partial charge in [-0.1, -0.05) is 121 Å². The lowest BCUT2D eigenvalue weighted by Gasteiger charge is -2.19. The van der Waals surface area contributed by atoms with Crippen LogP contribution in [0.3, 0.4) is 0 Å². The Hall–Kier alpha value is -0.420. The molecular weight excluding hydrogens is 1280 g/mol. The van der Waals surface area contributed by atoms with Crippen LogP contribution in [0, 0.1) is 17.8 Å². The topological polar surface area (TPSA) is 255 Å². The molecule has 0 rings (SSSR count). The number of aliphatic carboxylic acids is 2. The van der Waals surface area contributed by atoms with Crippen molar-refractivity contribution in [3.05, 3.63) is 0 Å². The first-order valence-corrected chi connectivity index (χ1v) is 29.3. The van der Waals surface area contributed by atoms with Crippen molar-refractivity contribution in [2.75, 3.05) is 58.2 Å². The lowest BCUT2D eigenvalue weighted by atomic mass is 10.1. The summed E-state index contributed by atoms with van der Waals surface area (Å²) in [5, 5.41) is 25.9. The SMILES string of the molecule is CC(C)(C)OC(=O)CCCCCN.CC(C)(C)OC(=O)CCCCCNC(=O)C(CBr)CBr.NCCCCCC(=O)O.O=C(Cl)C(CBr)CBr.O=C(O)CCCCCNC(=O)C(CBr)CBr. The molecule has 0 aromatic carbocycles. The molecule has 2 amide bonds. The Morgan fingerprint density at radius 2 is 0.742 bits per heavy atom. The molecule has 0 fully saturated rings. The number of carboxylic acids is 2. The summed E-state index contributed by atoms with van der Waals surface area (Å²) in [5.74, 6) is -1.80. The highest BCUT2D eigenvalue weighted by atomic mass is 79.9. The number of nitrogens with two attached hydrogens (primary N) is 2. The largest absolute Gasteiger partial charge is 0.481 e. The van der Waals surface area contributed by atoms with E-state index >= 15 is 0 Å². The van der Waals surface area contributed by atoms with Gasteiger partial charge in [-0.15, -0.1) is 0 Å². The molecule has 0 saturated carbocycles. The summed E-state index contributed by atoms with van der Waals surface area (Å²) in [5.41, 5.74) is 9.76. The van der Waals surface area contributed by atoms with Gasteiger partial charge in [-0.2, -0.15) is 0 Å². The van der Waals surface area contributed by atoms with Crippen molar-refractivity contribution in [2.45, 2.75) is 155 Å². The van der Waals surface area contributed by atoms with Gasteiger partial charge < -0.3 is 41.8 Å². The van der Waals surface area contributed by atoms with Crippen molar-refractivity contribution in [1.82, 2.24) is 10.6 Å². The van der Waals surface area contributed by atoms with Crippen molar-refractivity contribution in [3.8, 4) is 0 Å². The molecule has 0 saturated heterocycles. The molecular formula is C44H81Br6ClN4O11. The summed E-state index contributed by atoms with van der Waals surface area (Å²) in [4.78, 5) is 76.2. The van der Waals surface area contributed by atoms with Crippen molar-refractivity contribution >= 4 is 148 Å². The highest BCUT2D eigenvalue weighted by molar-refractivity contribution is 9.10. The molecule has 0 aromatic heterocycles. The number of esters is 2. The minimum atomic E-state index is -0.761. The zero-order chi connectivity index (χ0) is 52.0. The Labute approximate surface area is 451 Å². The third kappa shape index (κ3) is 61.6. The van der Waals surface area contributed by atoms with Crippen LogP contribution in [-0.4, -0.2) is 121 Å². The zero-order valence-electron chi connectivity index (χ0n) is 40.0. The molecule has 0 aliphatic heterocycles. The highest BCUT2D eigenvalue weighted by Crippen LogP contribution is 2.13. The van der Waals surface area contributed by atoms with E-state index in [9.17, 15) is 33.6 Å². The number of ether oxygens (including phenoxy) is 2. The molecule has 0 atom stereocenters. The summed E-state index contributed by atoms with van der Waals surface area (Å²) in [6, 6.07) is 0. The fraction of sp³-hybridized carbons (Fsp3) is 0.841. The molecule has 22 heteroatoms. The second-order valence-electron chi connectivity index (χ2n) is 16.7. The van der Waals surface area contributed by atoms with E-state index in [1.807, 2.05) is 41.5 Å². The van der Waals surface area contributed by atoms with E-state index in [0.29, 0.717) is 77.4 Å². The monoisotopic (exact) mass is 1350 g/mol. The number of carbonyl (C=O) groups is 7. The van der Waals surface area contributed by atoms with E-state index in [1.165, 1.54) is 0 Å². The number of carboxylic acid groups (broad SMARTS) is 2. The first kappa shape index (κ1) is 74.5. The Morgan fingerprint density at radius 1 is 0.470 bits per heavy atom. The average Bonchev–Trinajstić information content (AvgIpc) is 3.21. The first-order chi connectivity index (χ1) is 30.9. The zero-order valence-corrected chi connectivity index (χ0v) is 50.3. The van der Waals surface area contributed by atoms with E-state index in [4.69, 9.17) is 42.8 Å². The van der Waals surface area contributed by atoms with E-state index in [0.717, 1.165) is 70.6 Å². The third-order valence-electron chi connectivity index (χ3n) is 7.92. The maximum absolute atomic E-state index is 11.7. The van der Waals surface area contributed by atoms with Crippen LogP contribution >= 0.6 is 107 Å². The van der Waals surface area contributed by atoms with Crippen LogP contribution in [0.4, 0.5) is 0 Å². The normalized spacial score (nSPS) is 10.8. The second kappa shape index (κ2) is 51.0. The fourth-order valence-electron chi connectivity index (χ4n) is 4.36. The standard InChI is InChI=1S/C14H25Br2NO3.C10H17Br2NO3.C10H21NO2.C6H13NO2.C4H5Br2ClO/c1-14(2,3)20-12(18)7-5-4-6-8-17-13(19)11(9-15)10-16;11-6-8(7-12)10(16)13-5-3-1-2-4-9(14)15;1-10(2,3)13-9(12)7-5-4-6-8-11;7-5-3-1-2-4-6(8)9;5-1-3(2-6)4(7)8/h11H,4-10H2,1-3H3,(H,17,19);8H,1-7H2,(H,13,16)(H,14,15);4-8,11H2,1-3H3;1-5,7H2,(H,8,9);3H,1-2H2. The molecule has 0 radical (unpaired) electrons. The van der Waals surface area contributed by atoms with E-state index in [1.54, 1.807) is 0 Å². The van der Waals surface area contributed by atoms with Gasteiger partial charge in [-0.25, -0.2) is 0 Å². The number of alkyl halides is 6. The van der Waals surface area contributed by atoms with Crippen LogP contribution in [0.1, 0.15) is 144 Å². The number of nitrogens with one attached hydrogen (secondary N) is 2. The molecule has 66 heavy (non-hydrogen) atoms.